The molecule has 4 rings (SSSR count). The summed E-state index contributed by atoms with van der Waals surface area (Å²) in [4.78, 5) is 12.5. The van der Waals surface area contributed by atoms with E-state index in [1.54, 1.807) is 36.4 Å². The molecular formula is C20H19N3O3S. The number of hydrogen-bond donors (Lipinski definition) is 1. The summed E-state index contributed by atoms with van der Waals surface area (Å²) in [6.07, 6.45) is 4.49. The predicted molar refractivity (Wildman–Crippen MR) is 106 cm³/mol. The second-order valence-electron chi connectivity index (χ2n) is 6.38. The van der Waals surface area contributed by atoms with Crippen molar-refractivity contribution in [3.63, 3.8) is 0 Å². The highest BCUT2D eigenvalue weighted by Crippen LogP contribution is 2.26. The Morgan fingerprint density at radius 2 is 1.67 bits per heavy atom. The van der Waals surface area contributed by atoms with Crippen molar-refractivity contribution < 1.29 is 13.2 Å². The average molecular weight is 381 g/mol. The van der Waals surface area contributed by atoms with Crippen LogP contribution < -0.4 is 9.62 Å². The topological polar surface area (TPSA) is 71.4 Å². The second-order valence-corrected chi connectivity index (χ2v) is 8.40. The van der Waals surface area contributed by atoms with Gasteiger partial charge in [0.15, 0.2) is 0 Å². The van der Waals surface area contributed by atoms with Gasteiger partial charge in [0.05, 0.1) is 11.4 Å². The summed E-state index contributed by atoms with van der Waals surface area (Å²) >= 11 is 0. The van der Waals surface area contributed by atoms with Crippen molar-refractivity contribution in [1.82, 2.24) is 4.57 Å². The first kappa shape index (κ1) is 17.4. The van der Waals surface area contributed by atoms with Gasteiger partial charge in [-0.15, -0.1) is 0 Å². The van der Waals surface area contributed by atoms with E-state index in [-0.39, 0.29) is 11.7 Å². The third-order valence-electron chi connectivity index (χ3n) is 4.52. The zero-order valence-electron chi connectivity index (χ0n) is 14.6. The van der Waals surface area contributed by atoms with Crippen LogP contribution in [-0.2, 0) is 10.0 Å². The van der Waals surface area contributed by atoms with Gasteiger partial charge in [-0.1, -0.05) is 6.07 Å². The van der Waals surface area contributed by atoms with Crippen molar-refractivity contribution in [2.45, 2.75) is 6.42 Å². The summed E-state index contributed by atoms with van der Waals surface area (Å²) in [6.45, 7) is 0.473. The van der Waals surface area contributed by atoms with E-state index < -0.39 is 10.0 Å². The van der Waals surface area contributed by atoms with Crippen LogP contribution in [0.25, 0.3) is 5.69 Å². The molecule has 1 N–H and O–H groups in total. The molecule has 0 spiro atoms. The van der Waals surface area contributed by atoms with Crippen LogP contribution in [0.1, 0.15) is 16.8 Å². The van der Waals surface area contributed by atoms with Crippen LogP contribution in [0.4, 0.5) is 11.4 Å². The smallest absolute Gasteiger partial charge is 0.255 e. The van der Waals surface area contributed by atoms with E-state index >= 15 is 0 Å². The summed E-state index contributed by atoms with van der Waals surface area (Å²) < 4.78 is 27.5. The van der Waals surface area contributed by atoms with Gasteiger partial charge >= 0.3 is 0 Å². The quantitative estimate of drug-likeness (QED) is 0.754. The van der Waals surface area contributed by atoms with Gasteiger partial charge in [0.1, 0.15) is 0 Å². The van der Waals surface area contributed by atoms with Gasteiger partial charge in [0, 0.05) is 35.9 Å². The van der Waals surface area contributed by atoms with Gasteiger partial charge < -0.3 is 9.88 Å². The van der Waals surface area contributed by atoms with Crippen LogP contribution in [0.5, 0.6) is 0 Å². The van der Waals surface area contributed by atoms with Crippen molar-refractivity contribution in [3.8, 4) is 5.69 Å². The van der Waals surface area contributed by atoms with Crippen LogP contribution in [0.3, 0.4) is 0 Å². The fraction of sp³-hybridized carbons (Fsp3) is 0.150. The van der Waals surface area contributed by atoms with E-state index in [2.05, 4.69) is 5.32 Å². The standard InChI is InChI=1S/C20H19N3O3S/c24-20(16-7-9-18(10-8-16)22-11-1-2-12-22)21-17-5-3-6-19(15-17)23-13-4-14-27(23,25)26/h1-3,5-12,15H,4,13-14H2,(H,21,24). The summed E-state index contributed by atoms with van der Waals surface area (Å²) in [5, 5.41) is 2.84. The zero-order chi connectivity index (χ0) is 18.9. The van der Waals surface area contributed by atoms with Gasteiger partial charge in [-0.25, -0.2) is 8.42 Å². The molecule has 0 unspecified atom stereocenters. The molecule has 0 aliphatic carbocycles. The van der Waals surface area contributed by atoms with E-state index in [0.717, 1.165) is 5.69 Å². The Bertz CT molecular complexity index is 1060. The Kier molecular flexibility index (Phi) is 4.45. The Labute approximate surface area is 158 Å². The van der Waals surface area contributed by atoms with Crippen LogP contribution in [0.15, 0.2) is 73.1 Å². The normalized spacial score (nSPS) is 15.6. The molecule has 1 amide bonds. The van der Waals surface area contributed by atoms with Gasteiger partial charge in [-0.05, 0) is 61.0 Å². The molecule has 0 saturated carbocycles. The first-order valence-electron chi connectivity index (χ1n) is 8.68. The van der Waals surface area contributed by atoms with Crippen LogP contribution in [-0.4, -0.2) is 31.2 Å². The number of hydrogen-bond acceptors (Lipinski definition) is 3. The van der Waals surface area contributed by atoms with Gasteiger partial charge in [-0.3, -0.25) is 9.10 Å². The molecule has 3 aromatic rings. The lowest BCUT2D eigenvalue weighted by Gasteiger charge is -2.17. The average Bonchev–Trinajstić information content (AvgIpc) is 3.31. The lowest BCUT2D eigenvalue weighted by Crippen LogP contribution is -2.25. The zero-order valence-corrected chi connectivity index (χ0v) is 15.4. The Morgan fingerprint density at radius 1 is 0.926 bits per heavy atom. The highest BCUT2D eigenvalue weighted by molar-refractivity contribution is 7.93. The molecule has 1 aliphatic rings. The van der Waals surface area contributed by atoms with Crippen LogP contribution >= 0.6 is 0 Å². The predicted octanol–water partition coefficient (Wildman–Crippen LogP) is 3.27. The lowest BCUT2D eigenvalue weighted by molar-refractivity contribution is 0.102. The number of anilines is 2. The molecule has 27 heavy (non-hydrogen) atoms. The molecule has 2 aromatic carbocycles. The monoisotopic (exact) mass is 381 g/mol. The van der Waals surface area contributed by atoms with Crippen molar-refractivity contribution in [3.05, 3.63) is 78.6 Å². The number of nitrogens with one attached hydrogen (secondary N) is 1. The number of sulfonamides is 1. The Balaban J connectivity index is 1.51. The molecule has 1 fully saturated rings. The highest BCUT2D eigenvalue weighted by atomic mass is 32.2. The minimum Gasteiger partial charge on any atom is -0.324 e. The second kappa shape index (κ2) is 6.92. The maximum atomic E-state index is 12.5. The number of carbonyl (C=O) groups excluding carboxylic acids is 1. The van der Waals surface area contributed by atoms with Gasteiger partial charge in [-0.2, -0.15) is 0 Å². The first-order chi connectivity index (χ1) is 13.0. The molecule has 2 heterocycles. The van der Waals surface area contributed by atoms with Crippen molar-refractivity contribution in [1.29, 1.82) is 0 Å². The number of benzene rings is 2. The largest absolute Gasteiger partial charge is 0.324 e. The SMILES string of the molecule is O=C(Nc1cccc(N2CCCS2(=O)=O)c1)c1ccc(-n2cccc2)cc1. The maximum Gasteiger partial charge on any atom is 0.255 e. The molecule has 1 aromatic heterocycles. The summed E-state index contributed by atoms with van der Waals surface area (Å²) in [6, 6.07) is 18.1. The molecule has 1 saturated heterocycles. The van der Waals surface area contributed by atoms with Crippen molar-refractivity contribution >= 4 is 27.3 Å². The molecule has 0 atom stereocenters. The molecule has 6 nitrogen and oxygen atoms in total. The minimum atomic E-state index is -3.25. The third kappa shape index (κ3) is 3.59. The number of rotatable bonds is 4. The molecule has 0 radical (unpaired) electrons. The fourth-order valence-corrected chi connectivity index (χ4v) is 4.72. The minimum absolute atomic E-state index is 0.164. The van der Waals surface area contributed by atoms with Crippen molar-refractivity contribution in [2.75, 3.05) is 21.9 Å². The molecular weight excluding hydrogens is 362 g/mol. The van der Waals surface area contributed by atoms with Crippen molar-refractivity contribution in [2.24, 2.45) is 0 Å². The summed E-state index contributed by atoms with van der Waals surface area (Å²) in [7, 11) is -3.25. The fourth-order valence-electron chi connectivity index (χ4n) is 3.16. The van der Waals surface area contributed by atoms with Crippen LogP contribution in [0.2, 0.25) is 0 Å². The maximum absolute atomic E-state index is 12.5. The molecule has 138 valence electrons. The molecule has 7 heteroatoms. The van der Waals surface area contributed by atoms with Crippen LogP contribution in [0, 0.1) is 0 Å². The summed E-state index contributed by atoms with van der Waals surface area (Å²) in [5.74, 6) is -0.0763. The number of nitrogens with zero attached hydrogens (tertiary/aromatic N) is 2. The van der Waals surface area contributed by atoms with Gasteiger partial charge in [0.25, 0.3) is 5.91 Å². The lowest BCUT2D eigenvalue weighted by atomic mass is 10.2. The molecule has 1 aliphatic heterocycles. The third-order valence-corrected chi connectivity index (χ3v) is 6.39. The summed E-state index contributed by atoms with van der Waals surface area (Å²) in [5.41, 5.74) is 2.64. The Morgan fingerprint density at radius 3 is 2.33 bits per heavy atom. The number of carbonyl (C=O) groups is 1. The van der Waals surface area contributed by atoms with Gasteiger partial charge in [0.2, 0.25) is 10.0 Å². The molecule has 0 bridgehead atoms. The van der Waals surface area contributed by atoms with E-state index in [9.17, 15) is 13.2 Å². The highest BCUT2D eigenvalue weighted by Gasteiger charge is 2.28. The van der Waals surface area contributed by atoms with E-state index in [1.807, 2.05) is 41.2 Å². The number of amides is 1. The van der Waals surface area contributed by atoms with E-state index in [4.69, 9.17) is 0 Å². The van der Waals surface area contributed by atoms with E-state index in [0.29, 0.717) is 29.9 Å². The Hall–Kier alpha value is -3.06. The number of aromatic nitrogens is 1. The first-order valence-corrected chi connectivity index (χ1v) is 10.3. The van der Waals surface area contributed by atoms with E-state index in [1.165, 1.54) is 4.31 Å².